The van der Waals surface area contributed by atoms with Crippen molar-refractivity contribution in [1.82, 2.24) is 10.2 Å². The van der Waals surface area contributed by atoms with Crippen molar-refractivity contribution in [2.75, 3.05) is 18.5 Å². The molecule has 1 saturated carbocycles. The van der Waals surface area contributed by atoms with Gasteiger partial charge in [-0.05, 0) is 44.1 Å². The number of hydrogen-bond donors (Lipinski definition) is 2. The number of aliphatic hydroxyl groups excluding tert-OH is 1. The molecule has 2 unspecified atom stereocenters. The molecule has 2 rings (SSSR count). The molecule has 108 valence electrons. The van der Waals surface area contributed by atoms with E-state index in [1.54, 1.807) is 0 Å². The number of rotatable bonds is 4. The lowest BCUT2D eigenvalue weighted by Crippen LogP contribution is -2.29. The molecule has 5 heteroatoms. The maximum atomic E-state index is 9.43. The Bertz CT molecular complexity index is 509. The lowest BCUT2D eigenvalue weighted by molar-refractivity contribution is 0.141. The number of nitrogens with one attached hydrogen (secondary N) is 1. The molecular weight excluding hydrogens is 252 g/mol. The standard InChI is InChI=1S/C15H22N4O/c1-10-11(2)18-19-15(14(10)7-16)17-8-12-5-3-4-6-13(12)9-20/h12-13,20H,3-6,8-9H2,1-2H3,(H,17,19). The third kappa shape index (κ3) is 3.07. The highest BCUT2D eigenvalue weighted by Crippen LogP contribution is 2.30. The minimum absolute atomic E-state index is 0.246. The summed E-state index contributed by atoms with van der Waals surface area (Å²) < 4.78 is 0. The summed E-state index contributed by atoms with van der Waals surface area (Å²) >= 11 is 0. The van der Waals surface area contributed by atoms with Crippen molar-refractivity contribution in [3.63, 3.8) is 0 Å². The number of anilines is 1. The molecule has 1 aliphatic rings. The summed E-state index contributed by atoms with van der Waals surface area (Å²) in [7, 11) is 0. The van der Waals surface area contributed by atoms with Crippen LogP contribution < -0.4 is 5.32 Å². The molecule has 0 bridgehead atoms. The lowest BCUT2D eigenvalue weighted by atomic mass is 9.79. The second-order valence-corrected chi connectivity index (χ2v) is 5.61. The van der Waals surface area contributed by atoms with Crippen LogP contribution in [0.3, 0.4) is 0 Å². The molecule has 2 atom stereocenters. The van der Waals surface area contributed by atoms with Crippen LogP contribution in [0.2, 0.25) is 0 Å². The van der Waals surface area contributed by atoms with Gasteiger partial charge in [-0.15, -0.1) is 5.10 Å². The molecule has 0 saturated heterocycles. The smallest absolute Gasteiger partial charge is 0.166 e. The van der Waals surface area contributed by atoms with Crippen LogP contribution in [0.25, 0.3) is 0 Å². The first-order valence-electron chi connectivity index (χ1n) is 7.26. The summed E-state index contributed by atoms with van der Waals surface area (Å²) in [5, 5.41) is 30.1. The summed E-state index contributed by atoms with van der Waals surface area (Å²) in [5.74, 6) is 1.38. The van der Waals surface area contributed by atoms with Gasteiger partial charge in [-0.25, -0.2) is 0 Å². The van der Waals surface area contributed by atoms with Crippen LogP contribution in [-0.2, 0) is 0 Å². The van der Waals surface area contributed by atoms with Crippen LogP contribution in [0.4, 0.5) is 5.82 Å². The molecular formula is C15H22N4O. The van der Waals surface area contributed by atoms with E-state index in [9.17, 15) is 10.4 Å². The van der Waals surface area contributed by atoms with E-state index >= 15 is 0 Å². The van der Waals surface area contributed by atoms with Crippen molar-refractivity contribution in [3.05, 3.63) is 16.8 Å². The quantitative estimate of drug-likeness (QED) is 0.879. The summed E-state index contributed by atoms with van der Waals surface area (Å²) in [6.07, 6.45) is 4.63. The molecule has 20 heavy (non-hydrogen) atoms. The van der Waals surface area contributed by atoms with Crippen molar-refractivity contribution in [3.8, 4) is 6.07 Å². The molecule has 1 aliphatic carbocycles. The van der Waals surface area contributed by atoms with Gasteiger partial charge >= 0.3 is 0 Å². The van der Waals surface area contributed by atoms with Crippen molar-refractivity contribution < 1.29 is 5.11 Å². The van der Waals surface area contributed by atoms with Gasteiger partial charge in [-0.2, -0.15) is 10.4 Å². The van der Waals surface area contributed by atoms with E-state index in [-0.39, 0.29) is 6.61 Å². The van der Waals surface area contributed by atoms with Gasteiger partial charge in [-0.3, -0.25) is 0 Å². The van der Waals surface area contributed by atoms with E-state index in [1.165, 1.54) is 12.8 Å². The third-order valence-electron chi connectivity index (χ3n) is 4.40. The Kier molecular flexibility index (Phi) is 4.91. The number of aryl methyl sites for hydroxylation is 1. The lowest BCUT2D eigenvalue weighted by Gasteiger charge is -2.30. The van der Waals surface area contributed by atoms with Crippen molar-refractivity contribution in [2.24, 2.45) is 11.8 Å². The number of aliphatic hydroxyl groups is 1. The van der Waals surface area contributed by atoms with E-state index in [2.05, 4.69) is 21.6 Å². The molecule has 1 fully saturated rings. The van der Waals surface area contributed by atoms with Gasteiger partial charge in [0, 0.05) is 13.2 Å². The number of nitriles is 1. The van der Waals surface area contributed by atoms with Crippen LogP contribution in [0, 0.1) is 37.0 Å². The maximum absolute atomic E-state index is 9.43. The zero-order valence-corrected chi connectivity index (χ0v) is 12.2. The molecule has 0 aliphatic heterocycles. The van der Waals surface area contributed by atoms with E-state index < -0.39 is 0 Å². The van der Waals surface area contributed by atoms with Gasteiger partial charge in [0.25, 0.3) is 0 Å². The topological polar surface area (TPSA) is 81.8 Å². The summed E-state index contributed by atoms with van der Waals surface area (Å²) in [4.78, 5) is 0. The first kappa shape index (κ1) is 14.7. The summed E-state index contributed by atoms with van der Waals surface area (Å²) in [6.45, 7) is 4.74. The second-order valence-electron chi connectivity index (χ2n) is 5.61. The van der Waals surface area contributed by atoms with E-state index in [1.807, 2.05) is 13.8 Å². The predicted octanol–water partition coefficient (Wildman–Crippen LogP) is 2.18. The van der Waals surface area contributed by atoms with Gasteiger partial charge in [-0.1, -0.05) is 12.8 Å². The number of hydrogen-bond acceptors (Lipinski definition) is 5. The van der Waals surface area contributed by atoms with Crippen LogP contribution >= 0.6 is 0 Å². The molecule has 5 nitrogen and oxygen atoms in total. The largest absolute Gasteiger partial charge is 0.396 e. The van der Waals surface area contributed by atoms with E-state index in [0.717, 1.165) is 30.6 Å². The monoisotopic (exact) mass is 274 g/mol. The van der Waals surface area contributed by atoms with Gasteiger partial charge in [0.15, 0.2) is 5.82 Å². The van der Waals surface area contributed by atoms with Crippen molar-refractivity contribution >= 4 is 5.82 Å². The number of aromatic nitrogens is 2. The fourth-order valence-electron chi connectivity index (χ4n) is 2.89. The second kappa shape index (κ2) is 6.67. The molecule has 0 amide bonds. The van der Waals surface area contributed by atoms with Crippen molar-refractivity contribution in [1.29, 1.82) is 5.26 Å². The number of nitrogens with zero attached hydrogens (tertiary/aromatic N) is 3. The Morgan fingerprint density at radius 2 is 1.95 bits per heavy atom. The molecule has 1 heterocycles. The van der Waals surface area contributed by atoms with Crippen LogP contribution in [0.15, 0.2) is 0 Å². The third-order valence-corrected chi connectivity index (χ3v) is 4.40. The Balaban J connectivity index is 2.07. The normalized spacial score (nSPS) is 22.3. The van der Waals surface area contributed by atoms with Crippen LogP contribution in [-0.4, -0.2) is 28.5 Å². The maximum Gasteiger partial charge on any atom is 0.166 e. The average molecular weight is 274 g/mol. The van der Waals surface area contributed by atoms with Gasteiger partial charge < -0.3 is 10.4 Å². The van der Waals surface area contributed by atoms with Gasteiger partial charge in [0.1, 0.15) is 11.6 Å². The minimum Gasteiger partial charge on any atom is -0.396 e. The molecule has 0 aromatic carbocycles. The minimum atomic E-state index is 0.246. The zero-order chi connectivity index (χ0) is 14.5. The van der Waals surface area contributed by atoms with Crippen molar-refractivity contribution in [2.45, 2.75) is 39.5 Å². The fraction of sp³-hybridized carbons (Fsp3) is 0.667. The molecule has 0 radical (unpaired) electrons. The summed E-state index contributed by atoms with van der Waals surface area (Å²) in [6, 6.07) is 2.20. The van der Waals surface area contributed by atoms with Gasteiger partial charge in [0.05, 0.1) is 5.69 Å². The Morgan fingerprint density at radius 1 is 1.25 bits per heavy atom. The highest BCUT2D eigenvalue weighted by atomic mass is 16.3. The molecule has 2 N–H and O–H groups in total. The SMILES string of the molecule is Cc1nnc(NCC2CCCCC2CO)c(C#N)c1C. The Labute approximate surface area is 120 Å². The highest BCUT2D eigenvalue weighted by molar-refractivity contribution is 5.55. The molecule has 0 spiro atoms. The van der Waals surface area contributed by atoms with Gasteiger partial charge in [0.2, 0.25) is 0 Å². The average Bonchev–Trinajstić information content (AvgIpc) is 2.48. The highest BCUT2D eigenvalue weighted by Gasteiger charge is 2.24. The van der Waals surface area contributed by atoms with Crippen LogP contribution in [0.1, 0.15) is 42.5 Å². The summed E-state index contributed by atoms with van der Waals surface area (Å²) in [5.41, 5.74) is 2.25. The zero-order valence-electron chi connectivity index (χ0n) is 12.2. The van der Waals surface area contributed by atoms with Crippen LogP contribution in [0.5, 0.6) is 0 Å². The predicted molar refractivity (Wildman–Crippen MR) is 77.2 cm³/mol. The Morgan fingerprint density at radius 3 is 2.60 bits per heavy atom. The first-order valence-corrected chi connectivity index (χ1v) is 7.26. The van der Waals surface area contributed by atoms with E-state index in [4.69, 9.17) is 0 Å². The Hall–Kier alpha value is -1.67. The molecule has 1 aromatic heterocycles. The fourth-order valence-corrected chi connectivity index (χ4v) is 2.89. The molecule has 1 aromatic rings. The van der Waals surface area contributed by atoms with E-state index in [0.29, 0.717) is 23.2 Å². The first-order chi connectivity index (χ1) is 9.67.